The summed E-state index contributed by atoms with van der Waals surface area (Å²) in [5.41, 5.74) is 0.867. The van der Waals surface area contributed by atoms with E-state index < -0.39 is 9.84 Å². The van der Waals surface area contributed by atoms with Crippen molar-refractivity contribution in [2.75, 3.05) is 12.1 Å². The van der Waals surface area contributed by atoms with Gasteiger partial charge in [0.2, 0.25) is 5.91 Å². The number of carbonyl (C=O) groups excluding carboxylic acids is 1. The van der Waals surface area contributed by atoms with Crippen molar-refractivity contribution in [1.29, 1.82) is 0 Å². The standard InChI is InChI=1S/C13H18ClNO3S/c1-10(15-13(16)4-3-9-14)11-5-7-12(8-6-11)19(2,17)18/h5-8,10H,3-4,9H2,1-2H3,(H,15,16). The number of nitrogens with one attached hydrogen (secondary N) is 1. The van der Waals surface area contributed by atoms with Crippen LogP contribution in [0.5, 0.6) is 0 Å². The number of sulfone groups is 1. The van der Waals surface area contributed by atoms with Crippen molar-refractivity contribution in [2.45, 2.75) is 30.7 Å². The first-order valence-electron chi connectivity index (χ1n) is 6.00. The fourth-order valence-corrected chi connectivity index (χ4v) is 2.39. The van der Waals surface area contributed by atoms with Gasteiger partial charge in [-0.2, -0.15) is 0 Å². The van der Waals surface area contributed by atoms with Gasteiger partial charge in [0.05, 0.1) is 10.9 Å². The molecule has 0 spiro atoms. The van der Waals surface area contributed by atoms with Crippen LogP contribution in [0, 0.1) is 0 Å². The minimum atomic E-state index is -3.18. The molecule has 1 unspecified atom stereocenters. The highest BCUT2D eigenvalue weighted by Crippen LogP contribution is 2.16. The second-order valence-corrected chi connectivity index (χ2v) is 6.82. The Morgan fingerprint density at radius 2 is 1.89 bits per heavy atom. The third-order valence-corrected chi connectivity index (χ3v) is 4.12. The SMILES string of the molecule is CC(NC(=O)CCCCl)c1ccc(S(C)(=O)=O)cc1. The Bertz CT molecular complexity index is 525. The van der Waals surface area contributed by atoms with Crippen LogP contribution < -0.4 is 5.32 Å². The van der Waals surface area contributed by atoms with E-state index in [1.54, 1.807) is 24.3 Å². The average Bonchev–Trinajstić information content (AvgIpc) is 2.35. The lowest BCUT2D eigenvalue weighted by molar-refractivity contribution is -0.121. The highest BCUT2D eigenvalue weighted by Gasteiger charge is 2.11. The van der Waals surface area contributed by atoms with E-state index in [1.807, 2.05) is 6.92 Å². The summed E-state index contributed by atoms with van der Waals surface area (Å²) in [6, 6.07) is 6.36. The van der Waals surface area contributed by atoms with Crippen LogP contribution in [-0.4, -0.2) is 26.5 Å². The molecule has 6 heteroatoms. The summed E-state index contributed by atoms with van der Waals surface area (Å²) < 4.78 is 22.7. The molecule has 0 saturated carbocycles. The first-order chi connectivity index (χ1) is 8.84. The van der Waals surface area contributed by atoms with E-state index in [4.69, 9.17) is 11.6 Å². The Morgan fingerprint density at radius 1 is 1.32 bits per heavy atom. The van der Waals surface area contributed by atoms with Crippen molar-refractivity contribution < 1.29 is 13.2 Å². The molecule has 0 radical (unpaired) electrons. The lowest BCUT2D eigenvalue weighted by atomic mass is 10.1. The summed E-state index contributed by atoms with van der Waals surface area (Å²) in [4.78, 5) is 11.8. The summed E-state index contributed by atoms with van der Waals surface area (Å²) >= 11 is 5.52. The maximum absolute atomic E-state index is 11.5. The fraction of sp³-hybridized carbons (Fsp3) is 0.462. The molecule has 1 aromatic carbocycles. The monoisotopic (exact) mass is 303 g/mol. The molecule has 0 aliphatic rings. The van der Waals surface area contributed by atoms with Crippen LogP contribution in [0.15, 0.2) is 29.2 Å². The van der Waals surface area contributed by atoms with Crippen LogP contribution in [0.4, 0.5) is 0 Å². The Morgan fingerprint density at radius 3 is 2.37 bits per heavy atom. The van der Waals surface area contributed by atoms with Crippen molar-refractivity contribution in [1.82, 2.24) is 5.32 Å². The first-order valence-corrected chi connectivity index (χ1v) is 8.42. The van der Waals surface area contributed by atoms with Gasteiger partial charge in [0.15, 0.2) is 9.84 Å². The number of hydrogen-bond acceptors (Lipinski definition) is 3. The summed E-state index contributed by atoms with van der Waals surface area (Å²) in [5.74, 6) is 0.408. The van der Waals surface area contributed by atoms with E-state index in [1.165, 1.54) is 6.26 Å². The van der Waals surface area contributed by atoms with E-state index >= 15 is 0 Å². The van der Waals surface area contributed by atoms with Crippen molar-refractivity contribution in [2.24, 2.45) is 0 Å². The Kier molecular flexibility index (Phi) is 5.82. The quantitative estimate of drug-likeness (QED) is 0.820. The summed E-state index contributed by atoms with van der Waals surface area (Å²) in [6.07, 6.45) is 2.21. The average molecular weight is 304 g/mol. The second kappa shape index (κ2) is 6.91. The highest BCUT2D eigenvalue weighted by molar-refractivity contribution is 7.90. The number of alkyl halides is 1. The molecule has 0 bridgehead atoms. The maximum Gasteiger partial charge on any atom is 0.220 e. The number of hydrogen-bond donors (Lipinski definition) is 1. The van der Waals surface area contributed by atoms with Gasteiger partial charge in [-0.15, -0.1) is 11.6 Å². The minimum absolute atomic E-state index is 0.0552. The molecule has 1 N–H and O–H groups in total. The van der Waals surface area contributed by atoms with E-state index in [0.717, 1.165) is 5.56 Å². The topological polar surface area (TPSA) is 63.2 Å². The number of benzene rings is 1. The van der Waals surface area contributed by atoms with Gasteiger partial charge >= 0.3 is 0 Å². The third-order valence-electron chi connectivity index (χ3n) is 2.72. The molecule has 1 amide bonds. The molecule has 1 atom stereocenters. The van der Waals surface area contributed by atoms with Gasteiger partial charge in [0.25, 0.3) is 0 Å². The van der Waals surface area contributed by atoms with Gasteiger partial charge < -0.3 is 5.32 Å². The van der Waals surface area contributed by atoms with Crippen molar-refractivity contribution in [3.63, 3.8) is 0 Å². The lowest BCUT2D eigenvalue weighted by Gasteiger charge is -2.14. The third kappa shape index (κ3) is 5.20. The lowest BCUT2D eigenvalue weighted by Crippen LogP contribution is -2.26. The normalized spacial score (nSPS) is 13.0. The van der Waals surface area contributed by atoms with Gasteiger partial charge in [0.1, 0.15) is 0 Å². The van der Waals surface area contributed by atoms with E-state index in [0.29, 0.717) is 18.7 Å². The van der Waals surface area contributed by atoms with Crippen LogP contribution in [0.1, 0.15) is 31.4 Å². The summed E-state index contributed by atoms with van der Waals surface area (Å²) in [7, 11) is -3.18. The molecule has 0 saturated heterocycles. The number of amides is 1. The van der Waals surface area contributed by atoms with Crippen molar-refractivity contribution >= 4 is 27.3 Å². The molecule has 0 heterocycles. The highest BCUT2D eigenvalue weighted by atomic mass is 35.5. The first kappa shape index (κ1) is 16.0. The number of halogens is 1. The molecule has 106 valence electrons. The van der Waals surface area contributed by atoms with E-state index in [9.17, 15) is 13.2 Å². The molecular weight excluding hydrogens is 286 g/mol. The largest absolute Gasteiger partial charge is 0.350 e. The van der Waals surface area contributed by atoms with Crippen LogP contribution in [0.3, 0.4) is 0 Å². The second-order valence-electron chi connectivity index (χ2n) is 4.42. The molecular formula is C13H18ClNO3S. The van der Waals surface area contributed by atoms with Crippen LogP contribution in [0.25, 0.3) is 0 Å². The summed E-state index contributed by atoms with van der Waals surface area (Å²) in [6.45, 7) is 1.86. The predicted molar refractivity (Wildman–Crippen MR) is 76.1 cm³/mol. The molecule has 0 aliphatic heterocycles. The van der Waals surface area contributed by atoms with Gasteiger partial charge in [-0.25, -0.2) is 8.42 Å². The molecule has 0 aromatic heterocycles. The smallest absolute Gasteiger partial charge is 0.220 e. The van der Waals surface area contributed by atoms with Crippen molar-refractivity contribution in [3.8, 4) is 0 Å². The van der Waals surface area contributed by atoms with Crippen LogP contribution in [-0.2, 0) is 14.6 Å². The van der Waals surface area contributed by atoms with Crippen molar-refractivity contribution in [3.05, 3.63) is 29.8 Å². The number of rotatable bonds is 6. The van der Waals surface area contributed by atoms with Gasteiger partial charge in [-0.3, -0.25) is 4.79 Å². The Labute approximate surface area is 119 Å². The van der Waals surface area contributed by atoms with Gasteiger partial charge in [-0.05, 0) is 31.0 Å². The molecule has 0 fully saturated rings. The van der Waals surface area contributed by atoms with Crippen LogP contribution >= 0.6 is 11.6 Å². The maximum atomic E-state index is 11.5. The zero-order valence-electron chi connectivity index (χ0n) is 11.0. The van der Waals surface area contributed by atoms with Gasteiger partial charge in [-0.1, -0.05) is 12.1 Å². The van der Waals surface area contributed by atoms with E-state index in [2.05, 4.69) is 5.32 Å². The molecule has 1 rings (SSSR count). The molecule has 0 aliphatic carbocycles. The zero-order valence-corrected chi connectivity index (χ0v) is 12.6. The molecule has 19 heavy (non-hydrogen) atoms. The predicted octanol–water partition coefficient (Wildman–Crippen LogP) is 2.29. The Balaban J connectivity index is 2.68. The fourth-order valence-electron chi connectivity index (χ4n) is 1.63. The van der Waals surface area contributed by atoms with Gasteiger partial charge in [0, 0.05) is 18.6 Å². The minimum Gasteiger partial charge on any atom is -0.350 e. The number of carbonyl (C=O) groups is 1. The molecule has 1 aromatic rings. The zero-order chi connectivity index (χ0) is 14.5. The molecule has 4 nitrogen and oxygen atoms in total. The van der Waals surface area contributed by atoms with E-state index in [-0.39, 0.29) is 16.8 Å². The van der Waals surface area contributed by atoms with Crippen LogP contribution in [0.2, 0.25) is 0 Å². The Hall–Kier alpha value is -1.07. The summed E-state index contributed by atoms with van der Waals surface area (Å²) in [5, 5.41) is 2.84.